The number of benzene rings is 1. The predicted molar refractivity (Wildman–Crippen MR) is 81.1 cm³/mol. The minimum Gasteiger partial charge on any atom is -0.482 e. The van der Waals surface area contributed by atoms with Crippen LogP contribution in [0.25, 0.3) is 0 Å². The largest absolute Gasteiger partial charge is 0.482 e. The minimum absolute atomic E-state index is 0.0634. The van der Waals surface area contributed by atoms with Crippen LogP contribution in [-0.2, 0) is 14.3 Å². The quantitative estimate of drug-likeness (QED) is 0.753. The summed E-state index contributed by atoms with van der Waals surface area (Å²) in [6, 6.07) is 6.33. The van der Waals surface area contributed by atoms with Gasteiger partial charge in [-0.25, -0.2) is 4.79 Å². The second kappa shape index (κ2) is 6.80. The van der Waals surface area contributed by atoms with Crippen molar-refractivity contribution in [1.29, 1.82) is 0 Å². The summed E-state index contributed by atoms with van der Waals surface area (Å²) < 4.78 is 15.5. The maximum atomic E-state index is 11.3. The van der Waals surface area contributed by atoms with E-state index >= 15 is 0 Å². The van der Waals surface area contributed by atoms with Crippen molar-refractivity contribution in [2.75, 3.05) is 38.9 Å². The SMILES string of the molecule is COCCN1c2cccc(OCC(=O)OC)c2C(C)C1C. The van der Waals surface area contributed by atoms with E-state index in [4.69, 9.17) is 9.47 Å². The molecule has 116 valence electrons. The van der Waals surface area contributed by atoms with Gasteiger partial charge in [0, 0.05) is 36.9 Å². The molecule has 0 aliphatic carbocycles. The zero-order chi connectivity index (χ0) is 15.4. The molecule has 1 aromatic rings. The fourth-order valence-electron chi connectivity index (χ4n) is 2.81. The smallest absolute Gasteiger partial charge is 0.343 e. The van der Waals surface area contributed by atoms with Crippen LogP contribution >= 0.6 is 0 Å². The first-order chi connectivity index (χ1) is 10.1. The number of fused-ring (bicyclic) bond motifs is 1. The van der Waals surface area contributed by atoms with Crippen molar-refractivity contribution in [3.8, 4) is 5.75 Å². The summed E-state index contributed by atoms with van der Waals surface area (Å²) >= 11 is 0. The monoisotopic (exact) mass is 293 g/mol. The maximum absolute atomic E-state index is 11.3. The van der Waals surface area contributed by atoms with Crippen LogP contribution in [-0.4, -0.2) is 46.0 Å². The Hall–Kier alpha value is -1.75. The first kappa shape index (κ1) is 15.6. The number of methoxy groups -OCH3 is 2. The zero-order valence-electron chi connectivity index (χ0n) is 13.1. The summed E-state index contributed by atoms with van der Waals surface area (Å²) in [4.78, 5) is 13.6. The molecule has 1 heterocycles. The van der Waals surface area contributed by atoms with Crippen molar-refractivity contribution in [2.24, 2.45) is 0 Å². The predicted octanol–water partition coefficient (Wildman–Crippen LogP) is 2.20. The number of carbonyl (C=O) groups excluding carboxylic acids is 1. The Bertz CT molecular complexity index is 503. The van der Waals surface area contributed by atoms with Gasteiger partial charge in [0.05, 0.1) is 13.7 Å². The minimum atomic E-state index is -0.373. The van der Waals surface area contributed by atoms with Gasteiger partial charge < -0.3 is 19.1 Å². The number of nitrogens with zero attached hydrogens (tertiary/aromatic N) is 1. The molecule has 0 N–H and O–H groups in total. The van der Waals surface area contributed by atoms with E-state index in [0.717, 1.165) is 23.5 Å². The van der Waals surface area contributed by atoms with E-state index in [-0.39, 0.29) is 12.6 Å². The highest BCUT2D eigenvalue weighted by Gasteiger charge is 2.34. The highest BCUT2D eigenvalue weighted by molar-refractivity contribution is 5.72. The van der Waals surface area contributed by atoms with Crippen LogP contribution in [0.15, 0.2) is 18.2 Å². The van der Waals surface area contributed by atoms with Gasteiger partial charge in [-0.3, -0.25) is 0 Å². The van der Waals surface area contributed by atoms with E-state index in [1.807, 2.05) is 12.1 Å². The lowest BCUT2D eigenvalue weighted by Crippen LogP contribution is -2.33. The van der Waals surface area contributed by atoms with Crippen LogP contribution < -0.4 is 9.64 Å². The molecule has 1 aliphatic heterocycles. The molecule has 0 radical (unpaired) electrons. The maximum Gasteiger partial charge on any atom is 0.343 e. The van der Waals surface area contributed by atoms with Gasteiger partial charge in [-0.2, -0.15) is 0 Å². The second-order valence-electron chi connectivity index (χ2n) is 5.27. The third kappa shape index (κ3) is 3.13. The van der Waals surface area contributed by atoms with Crippen molar-refractivity contribution in [2.45, 2.75) is 25.8 Å². The lowest BCUT2D eigenvalue weighted by atomic mass is 9.97. The molecule has 1 aromatic carbocycles. The van der Waals surface area contributed by atoms with Gasteiger partial charge in [-0.15, -0.1) is 0 Å². The standard InChI is InChI=1S/C16H23NO4/c1-11-12(2)17(8-9-19-3)13-6-5-7-14(16(11)13)21-10-15(18)20-4/h5-7,11-12H,8-10H2,1-4H3. The van der Waals surface area contributed by atoms with Crippen molar-refractivity contribution in [3.63, 3.8) is 0 Å². The molecule has 0 bridgehead atoms. The zero-order valence-corrected chi connectivity index (χ0v) is 13.1. The molecule has 0 saturated carbocycles. The molecular weight excluding hydrogens is 270 g/mol. The van der Waals surface area contributed by atoms with Crippen molar-refractivity contribution in [1.82, 2.24) is 0 Å². The third-order valence-corrected chi connectivity index (χ3v) is 4.13. The van der Waals surface area contributed by atoms with E-state index in [0.29, 0.717) is 18.6 Å². The summed E-state index contributed by atoms with van der Waals surface area (Å²) in [6.07, 6.45) is 0. The van der Waals surface area contributed by atoms with Crippen LogP contribution in [0.1, 0.15) is 25.3 Å². The van der Waals surface area contributed by atoms with E-state index in [1.165, 1.54) is 7.11 Å². The summed E-state index contributed by atoms with van der Waals surface area (Å²) in [5, 5.41) is 0. The molecule has 1 aliphatic rings. The summed E-state index contributed by atoms with van der Waals surface area (Å²) in [5.41, 5.74) is 2.32. The molecule has 2 atom stereocenters. The lowest BCUT2D eigenvalue weighted by molar-refractivity contribution is -0.142. The van der Waals surface area contributed by atoms with E-state index < -0.39 is 0 Å². The normalized spacial score (nSPS) is 20.3. The highest BCUT2D eigenvalue weighted by Crippen LogP contribution is 2.45. The molecule has 0 spiro atoms. The van der Waals surface area contributed by atoms with Crippen LogP contribution in [0.4, 0.5) is 5.69 Å². The molecule has 5 heteroatoms. The van der Waals surface area contributed by atoms with Gasteiger partial charge in [0.25, 0.3) is 0 Å². The van der Waals surface area contributed by atoms with Crippen LogP contribution in [0.3, 0.4) is 0 Å². The molecule has 2 rings (SSSR count). The summed E-state index contributed by atoms with van der Waals surface area (Å²) in [5.74, 6) is 0.727. The average Bonchev–Trinajstić information content (AvgIpc) is 2.75. The van der Waals surface area contributed by atoms with Gasteiger partial charge in [0.15, 0.2) is 6.61 Å². The van der Waals surface area contributed by atoms with Gasteiger partial charge in [0.1, 0.15) is 5.75 Å². The molecule has 0 saturated heterocycles. The first-order valence-corrected chi connectivity index (χ1v) is 7.18. The molecule has 2 unspecified atom stereocenters. The van der Waals surface area contributed by atoms with Gasteiger partial charge in [-0.1, -0.05) is 13.0 Å². The first-order valence-electron chi connectivity index (χ1n) is 7.18. The number of carbonyl (C=O) groups is 1. The molecular formula is C16H23NO4. The molecule has 0 fully saturated rings. The van der Waals surface area contributed by atoms with Crippen LogP contribution in [0.2, 0.25) is 0 Å². The number of esters is 1. The van der Waals surface area contributed by atoms with Crippen molar-refractivity contribution in [3.05, 3.63) is 23.8 Å². The Balaban J connectivity index is 2.24. The van der Waals surface area contributed by atoms with Gasteiger partial charge in [0.2, 0.25) is 0 Å². The second-order valence-corrected chi connectivity index (χ2v) is 5.27. The molecule has 0 amide bonds. The Morgan fingerprint density at radius 3 is 2.71 bits per heavy atom. The Morgan fingerprint density at radius 1 is 1.29 bits per heavy atom. The lowest BCUT2D eigenvalue weighted by Gasteiger charge is -2.25. The number of anilines is 1. The van der Waals surface area contributed by atoms with Crippen LogP contribution in [0.5, 0.6) is 5.75 Å². The van der Waals surface area contributed by atoms with E-state index in [1.54, 1.807) is 7.11 Å². The number of ether oxygens (including phenoxy) is 3. The Morgan fingerprint density at radius 2 is 2.05 bits per heavy atom. The fourth-order valence-corrected chi connectivity index (χ4v) is 2.81. The Labute approximate surface area is 125 Å². The molecule has 5 nitrogen and oxygen atoms in total. The van der Waals surface area contributed by atoms with E-state index in [2.05, 4.69) is 29.6 Å². The highest BCUT2D eigenvalue weighted by atomic mass is 16.6. The number of hydrogen-bond acceptors (Lipinski definition) is 5. The average molecular weight is 293 g/mol. The fraction of sp³-hybridized carbons (Fsp3) is 0.562. The number of hydrogen-bond donors (Lipinski definition) is 0. The molecule has 0 aromatic heterocycles. The summed E-state index contributed by atoms with van der Waals surface area (Å²) in [6.45, 7) is 5.84. The van der Waals surface area contributed by atoms with E-state index in [9.17, 15) is 4.79 Å². The van der Waals surface area contributed by atoms with Gasteiger partial charge in [-0.05, 0) is 19.1 Å². The van der Waals surface area contributed by atoms with Crippen LogP contribution in [0, 0.1) is 0 Å². The molecule has 21 heavy (non-hydrogen) atoms. The number of rotatable bonds is 6. The van der Waals surface area contributed by atoms with Crippen molar-refractivity contribution >= 4 is 11.7 Å². The van der Waals surface area contributed by atoms with Crippen molar-refractivity contribution < 1.29 is 19.0 Å². The summed E-state index contributed by atoms with van der Waals surface area (Å²) in [7, 11) is 3.07. The third-order valence-electron chi connectivity index (χ3n) is 4.13. The Kier molecular flexibility index (Phi) is 5.07. The van der Waals surface area contributed by atoms with Gasteiger partial charge >= 0.3 is 5.97 Å². The topological polar surface area (TPSA) is 48.0 Å².